The summed E-state index contributed by atoms with van der Waals surface area (Å²) in [6.07, 6.45) is 8.80. The molecule has 1 aliphatic carbocycles. The van der Waals surface area contributed by atoms with E-state index in [9.17, 15) is 0 Å². The number of hydrogen-bond donors (Lipinski definition) is 0. The Balaban J connectivity index is 2.12. The van der Waals surface area contributed by atoms with Crippen LogP contribution >= 0.6 is 21.6 Å². The normalized spacial score (nSPS) is 47.3. The number of hydrogen-bond acceptors (Lipinski definition) is 2. The maximum absolute atomic E-state index is 2.53. The highest BCUT2D eigenvalue weighted by atomic mass is 33.1. The lowest BCUT2D eigenvalue weighted by Crippen LogP contribution is -2.27. The molecule has 1 saturated carbocycles. The molecule has 1 saturated heterocycles. The van der Waals surface area contributed by atoms with E-state index in [1.165, 1.54) is 38.5 Å². The summed E-state index contributed by atoms with van der Waals surface area (Å²) in [7, 11) is 4.44. The van der Waals surface area contributed by atoms with Gasteiger partial charge >= 0.3 is 0 Å². The second kappa shape index (κ2) is 6.92. The molecule has 0 bridgehead atoms. The summed E-state index contributed by atoms with van der Waals surface area (Å²) in [4.78, 5) is 0. The van der Waals surface area contributed by atoms with Crippen LogP contribution in [0.5, 0.6) is 0 Å². The van der Waals surface area contributed by atoms with Gasteiger partial charge in [0.1, 0.15) is 0 Å². The minimum atomic E-state index is 0.830. The van der Waals surface area contributed by atoms with E-state index in [4.69, 9.17) is 0 Å². The van der Waals surface area contributed by atoms with Gasteiger partial charge in [-0.2, -0.15) is 0 Å². The van der Waals surface area contributed by atoms with Crippen LogP contribution in [-0.2, 0) is 0 Å². The minimum absolute atomic E-state index is 0.830. The molecule has 2 rings (SSSR count). The fraction of sp³-hybridized carbons (Fsp3) is 1.00. The van der Waals surface area contributed by atoms with Crippen molar-refractivity contribution in [3.05, 3.63) is 0 Å². The third-order valence-corrected chi connectivity index (χ3v) is 9.18. The molecule has 0 N–H and O–H groups in total. The van der Waals surface area contributed by atoms with Crippen molar-refractivity contribution in [2.75, 3.05) is 0 Å². The Bertz CT molecular complexity index is 253. The highest BCUT2D eigenvalue weighted by Gasteiger charge is 2.35. The predicted molar refractivity (Wildman–Crippen MR) is 87.1 cm³/mol. The van der Waals surface area contributed by atoms with Crippen LogP contribution in [0, 0.1) is 23.7 Å². The molecule has 0 radical (unpaired) electrons. The quantitative estimate of drug-likeness (QED) is 0.500. The molecule has 1 aliphatic heterocycles. The van der Waals surface area contributed by atoms with Crippen molar-refractivity contribution in [1.82, 2.24) is 0 Å². The molecule has 2 fully saturated rings. The van der Waals surface area contributed by atoms with E-state index in [0.29, 0.717) is 0 Å². The lowest BCUT2D eigenvalue weighted by molar-refractivity contribution is 0.273. The van der Waals surface area contributed by atoms with E-state index >= 15 is 0 Å². The van der Waals surface area contributed by atoms with Gasteiger partial charge in [0, 0.05) is 10.5 Å². The van der Waals surface area contributed by atoms with Gasteiger partial charge < -0.3 is 0 Å². The summed E-state index contributed by atoms with van der Waals surface area (Å²) < 4.78 is 0. The Morgan fingerprint density at radius 3 is 2.11 bits per heavy atom. The second-order valence-corrected chi connectivity index (χ2v) is 9.65. The molecule has 2 aliphatic rings. The fourth-order valence-corrected chi connectivity index (χ4v) is 7.57. The largest absolute Gasteiger partial charge is 0.0904 e. The van der Waals surface area contributed by atoms with Crippen molar-refractivity contribution in [2.45, 2.75) is 76.7 Å². The van der Waals surface area contributed by atoms with Gasteiger partial charge in [0.15, 0.2) is 0 Å². The molecule has 0 spiro atoms. The van der Waals surface area contributed by atoms with E-state index in [2.05, 4.69) is 49.3 Å². The summed E-state index contributed by atoms with van der Waals surface area (Å²) in [5.41, 5.74) is 0. The second-order valence-electron chi connectivity index (χ2n) is 6.82. The number of rotatable bonds is 0. The van der Waals surface area contributed by atoms with Gasteiger partial charge in [0.05, 0.1) is 0 Å². The summed E-state index contributed by atoms with van der Waals surface area (Å²) in [5.74, 6) is 3.74. The Labute approximate surface area is 122 Å². The van der Waals surface area contributed by atoms with Crippen LogP contribution in [-0.4, -0.2) is 10.5 Å². The van der Waals surface area contributed by atoms with Gasteiger partial charge in [-0.25, -0.2) is 0 Å². The molecular formula is C16H30S2. The smallest absolute Gasteiger partial charge is 0.0207 e. The number of fused-ring (bicyclic) bond motifs is 1. The zero-order valence-electron chi connectivity index (χ0n) is 12.5. The lowest BCUT2D eigenvalue weighted by atomic mass is 9.80. The van der Waals surface area contributed by atoms with Crippen LogP contribution in [0.15, 0.2) is 0 Å². The van der Waals surface area contributed by atoms with Crippen LogP contribution in [0.4, 0.5) is 0 Å². The van der Waals surface area contributed by atoms with E-state index in [0.717, 1.165) is 34.2 Å². The van der Waals surface area contributed by atoms with Gasteiger partial charge in [-0.1, -0.05) is 68.5 Å². The Morgan fingerprint density at radius 1 is 0.667 bits per heavy atom. The first kappa shape index (κ1) is 15.1. The molecule has 1 unspecified atom stereocenters. The summed E-state index contributed by atoms with van der Waals surface area (Å²) in [6, 6.07) is 0. The maximum Gasteiger partial charge on any atom is 0.0207 e. The molecule has 106 valence electrons. The Kier molecular flexibility index (Phi) is 5.81. The Hall–Kier alpha value is 0.700. The average molecular weight is 287 g/mol. The van der Waals surface area contributed by atoms with Crippen LogP contribution in [0.25, 0.3) is 0 Å². The summed E-state index contributed by atoms with van der Waals surface area (Å²) >= 11 is 0. The van der Waals surface area contributed by atoms with Crippen molar-refractivity contribution < 1.29 is 0 Å². The maximum atomic E-state index is 2.53. The first-order valence-electron chi connectivity index (χ1n) is 7.91. The monoisotopic (exact) mass is 286 g/mol. The first-order valence-corrected chi connectivity index (χ1v) is 10.2. The molecule has 0 nitrogen and oxygen atoms in total. The molecule has 0 aromatic rings. The SMILES string of the molecule is C[C@@H]1CC[C@H](C)[C@@H]2CCCC[C@H](C)C2SS[C@@H]1C. The first-order chi connectivity index (χ1) is 8.59. The molecule has 1 heterocycles. The molecule has 18 heavy (non-hydrogen) atoms. The van der Waals surface area contributed by atoms with Crippen molar-refractivity contribution in [3.8, 4) is 0 Å². The van der Waals surface area contributed by atoms with Crippen molar-refractivity contribution >= 4 is 21.6 Å². The molecule has 2 heteroatoms. The van der Waals surface area contributed by atoms with Gasteiger partial charge in [0.2, 0.25) is 0 Å². The predicted octanol–water partition coefficient (Wildman–Crippen LogP) is 6.02. The average Bonchev–Trinajstić information content (AvgIpc) is 2.51. The van der Waals surface area contributed by atoms with Crippen LogP contribution in [0.1, 0.15) is 66.2 Å². The van der Waals surface area contributed by atoms with Crippen LogP contribution in [0.3, 0.4) is 0 Å². The van der Waals surface area contributed by atoms with Crippen LogP contribution in [0.2, 0.25) is 0 Å². The Morgan fingerprint density at radius 2 is 1.33 bits per heavy atom. The van der Waals surface area contributed by atoms with E-state index < -0.39 is 0 Å². The van der Waals surface area contributed by atoms with E-state index in [1.807, 2.05) is 0 Å². The minimum Gasteiger partial charge on any atom is -0.0904 e. The van der Waals surface area contributed by atoms with Crippen LogP contribution < -0.4 is 0 Å². The standard InChI is InChI=1S/C16H30S2/c1-11-9-10-12(2)15-8-6-5-7-13(3)16(15)18-17-14(11)4/h11-16H,5-10H2,1-4H3/t11-,12+,13+,14-,15+,16?/m1/s1. The van der Waals surface area contributed by atoms with Gasteiger partial charge in [-0.05, 0) is 42.9 Å². The highest BCUT2D eigenvalue weighted by Crippen LogP contribution is 2.49. The molecule has 0 amide bonds. The van der Waals surface area contributed by atoms with Crippen molar-refractivity contribution in [2.24, 2.45) is 23.7 Å². The van der Waals surface area contributed by atoms with Gasteiger partial charge in [-0.15, -0.1) is 0 Å². The third-order valence-electron chi connectivity index (χ3n) is 5.36. The fourth-order valence-electron chi connectivity index (χ4n) is 3.59. The van der Waals surface area contributed by atoms with Gasteiger partial charge in [-0.3, -0.25) is 0 Å². The summed E-state index contributed by atoms with van der Waals surface area (Å²) in [5, 5.41) is 1.75. The van der Waals surface area contributed by atoms with E-state index in [-0.39, 0.29) is 0 Å². The zero-order chi connectivity index (χ0) is 13.1. The molecule has 0 aromatic heterocycles. The topological polar surface area (TPSA) is 0 Å². The van der Waals surface area contributed by atoms with Gasteiger partial charge in [0.25, 0.3) is 0 Å². The molecule has 6 atom stereocenters. The molecule has 0 aromatic carbocycles. The lowest BCUT2D eigenvalue weighted by Gasteiger charge is -2.32. The summed E-state index contributed by atoms with van der Waals surface area (Å²) in [6.45, 7) is 9.93. The highest BCUT2D eigenvalue weighted by molar-refractivity contribution is 8.77. The molecular weight excluding hydrogens is 256 g/mol. The van der Waals surface area contributed by atoms with E-state index in [1.54, 1.807) is 0 Å². The van der Waals surface area contributed by atoms with Crippen molar-refractivity contribution in [1.29, 1.82) is 0 Å². The zero-order valence-corrected chi connectivity index (χ0v) is 14.2. The van der Waals surface area contributed by atoms with Crippen molar-refractivity contribution in [3.63, 3.8) is 0 Å². The third kappa shape index (κ3) is 3.62.